The van der Waals surface area contributed by atoms with Crippen LogP contribution in [0, 0.1) is 6.92 Å². The fourth-order valence-electron chi connectivity index (χ4n) is 3.52. The highest BCUT2D eigenvalue weighted by Gasteiger charge is 2.20. The van der Waals surface area contributed by atoms with E-state index in [4.69, 9.17) is 9.15 Å². The van der Waals surface area contributed by atoms with Crippen LogP contribution in [-0.4, -0.2) is 27.9 Å². The molecule has 0 aliphatic rings. The number of nitrogens with one attached hydrogen (secondary N) is 1. The highest BCUT2D eigenvalue weighted by Crippen LogP contribution is 2.25. The van der Waals surface area contributed by atoms with Crippen LogP contribution in [0.5, 0.6) is 5.75 Å². The minimum atomic E-state index is -0.0375. The van der Waals surface area contributed by atoms with E-state index in [2.05, 4.69) is 15.5 Å². The van der Waals surface area contributed by atoms with Crippen LogP contribution in [0.2, 0.25) is 0 Å². The number of ether oxygens (including phenoxy) is 1. The third-order valence-corrected chi connectivity index (χ3v) is 5.92. The number of benzene rings is 3. The second-order valence-corrected chi connectivity index (χ2v) is 9.18. The van der Waals surface area contributed by atoms with Crippen molar-refractivity contribution in [1.82, 2.24) is 10.2 Å². The highest BCUT2D eigenvalue weighted by atomic mass is 32.2. The van der Waals surface area contributed by atoms with Crippen molar-refractivity contribution in [3.63, 3.8) is 0 Å². The average molecular weight is 489 g/mol. The number of anilines is 3. The van der Waals surface area contributed by atoms with Gasteiger partial charge >= 0.3 is 0 Å². The van der Waals surface area contributed by atoms with Gasteiger partial charge < -0.3 is 19.4 Å². The molecule has 0 spiro atoms. The molecule has 35 heavy (non-hydrogen) atoms. The summed E-state index contributed by atoms with van der Waals surface area (Å²) in [5.41, 5.74) is 3.91. The number of hydrogen-bond donors (Lipinski definition) is 1. The van der Waals surface area contributed by atoms with Gasteiger partial charge in [0.25, 0.3) is 11.1 Å². The number of rotatable bonds is 10. The number of thioether (sulfide) groups is 1. The van der Waals surface area contributed by atoms with E-state index >= 15 is 0 Å². The minimum absolute atomic E-state index is 0.00277. The first kappa shape index (κ1) is 24.3. The number of nitrogens with zero attached hydrogens (tertiary/aromatic N) is 3. The predicted octanol–water partition coefficient (Wildman–Crippen LogP) is 6.23. The third-order valence-electron chi connectivity index (χ3n) is 5.11. The zero-order valence-electron chi connectivity index (χ0n) is 20.0. The lowest BCUT2D eigenvalue weighted by Crippen LogP contribution is -2.38. The molecule has 180 valence electrons. The van der Waals surface area contributed by atoms with Gasteiger partial charge in [0.1, 0.15) is 5.75 Å². The van der Waals surface area contributed by atoms with E-state index in [9.17, 15) is 4.79 Å². The molecule has 0 unspecified atom stereocenters. The van der Waals surface area contributed by atoms with Crippen molar-refractivity contribution < 1.29 is 13.9 Å². The average Bonchev–Trinajstić information content (AvgIpc) is 3.31. The second-order valence-electron chi connectivity index (χ2n) is 8.25. The van der Waals surface area contributed by atoms with Gasteiger partial charge in [-0.05, 0) is 74.9 Å². The van der Waals surface area contributed by atoms with Crippen molar-refractivity contribution in [3.8, 4) is 5.75 Å². The Hall–Kier alpha value is -3.78. The van der Waals surface area contributed by atoms with E-state index in [1.807, 2.05) is 99.6 Å². The molecule has 4 aromatic rings. The number of aromatic nitrogens is 2. The van der Waals surface area contributed by atoms with Gasteiger partial charge in [-0.1, -0.05) is 42.1 Å². The Morgan fingerprint density at radius 3 is 2.46 bits per heavy atom. The monoisotopic (exact) mass is 488 g/mol. The number of hydrogen-bond acceptors (Lipinski definition) is 7. The van der Waals surface area contributed by atoms with Crippen LogP contribution in [0.25, 0.3) is 0 Å². The molecule has 1 amide bonds. The van der Waals surface area contributed by atoms with E-state index in [1.54, 1.807) is 4.90 Å². The summed E-state index contributed by atoms with van der Waals surface area (Å²) in [7, 11) is 0. The lowest BCUT2D eigenvalue weighted by molar-refractivity contribution is -0.116. The lowest BCUT2D eigenvalue weighted by atomic mass is 10.2. The maximum Gasteiger partial charge on any atom is 0.277 e. The van der Waals surface area contributed by atoms with Crippen LogP contribution in [0.1, 0.15) is 25.3 Å². The Morgan fingerprint density at radius 2 is 1.74 bits per heavy atom. The van der Waals surface area contributed by atoms with Gasteiger partial charge in [0.05, 0.1) is 5.75 Å². The van der Waals surface area contributed by atoms with E-state index < -0.39 is 0 Å². The van der Waals surface area contributed by atoms with Gasteiger partial charge in [-0.3, -0.25) is 4.79 Å². The van der Waals surface area contributed by atoms with E-state index in [0.29, 0.717) is 11.1 Å². The van der Waals surface area contributed by atoms with Gasteiger partial charge in [-0.2, -0.15) is 0 Å². The standard InChI is InChI=1S/C27H28N4O3S/c1-19(2)31(23-14-12-22(13-15-23)28-21-9-5-4-6-10-21)26(32)18-35-27-30-29-25(34-27)17-33-24-11-7-8-20(3)16-24/h4-16,19,28H,17-18H2,1-3H3. The number of para-hydroxylation sites is 1. The molecule has 1 N–H and O–H groups in total. The fourth-order valence-corrected chi connectivity index (χ4v) is 4.16. The molecule has 1 aromatic heterocycles. The molecule has 3 aromatic carbocycles. The molecule has 0 atom stereocenters. The van der Waals surface area contributed by atoms with Gasteiger partial charge in [0, 0.05) is 23.1 Å². The Balaban J connectivity index is 1.33. The second kappa shape index (κ2) is 11.6. The highest BCUT2D eigenvalue weighted by molar-refractivity contribution is 7.99. The maximum absolute atomic E-state index is 13.1. The van der Waals surface area contributed by atoms with E-state index in [0.717, 1.165) is 28.4 Å². The van der Waals surface area contributed by atoms with Crippen LogP contribution in [0.3, 0.4) is 0 Å². The Labute approximate surface area is 209 Å². The van der Waals surface area contributed by atoms with Crippen molar-refractivity contribution in [2.45, 2.75) is 38.6 Å². The molecule has 0 fully saturated rings. The van der Waals surface area contributed by atoms with Gasteiger partial charge in [0.15, 0.2) is 6.61 Å². The normalized spacial score (nSPS) is 10.9. The SMILES string of the molecule is Cc1cccc(OCc2nnc(SCC(=O)N(c3ccc(Nc4ccccc4)cc3)C(C)C)o2)c1. The molecule has 4 rings (SSSR count). The van der Waals surface area contributed by atoms with Gasteiger partial charge in [0.2, 0.25) is 5.91 Å². The number of carbonyl (C=O) groups excluding carboxylic acids is 1. The predicted molar refractivity (Wildman–Crippen MR) is 139 cm³/mol. The fraction of sp³-hybridized carbons (Fsp3) is 0.222. The number of carbonyl (C=O) groups is 1. The first-order chi connectivity index (χ1) is 17.0. The summed E-state index contributed by atoms with van der Waals surface area (Å²) in [4.78, 5) is 14.8. The molecule has 0 saturated carbocycles. The van der Waals surface area contributed by atoms with Crippen LogP contribution >= 0.6 is 11.8 Å². The molecular formula is C27H28N4O3S. The summed E-state index contributed by atoms with van der Waals surface area (Å²) < 4.78 is 11.3. The maximum atomic E-state index is 13.1. The largest absolute Gasteiger partial charge is 0.484 e. The molecule has 0 aliphatic carbocycles. The molecule has 0 aliphatic heterocycles. The van der Waals surface area contributed by atoms with Gasteiger partial charge in [-0.15, -0.1) is 10.2 Å². The van der Waals surface area contributed by atoms with Crippen LogP contribution in [0.15, 0.2) is 88.5 Å². The molecule has 0 bridgehead atoms. The minimum Gasteiger partial charge on any atom is -0.484 e. The van der Waals surface area contributed by atoms with Crippen molar-refractivity contribution in [1.29, 1.82) is 0 Å². The molecule has 0 saturated heterocycles. The Bertz CT molecular complexity index is 1240. The Kier molecular flexibility index (Phi) is 8.05. The summed E-state index contributed by atoms with van der Waals surface area (Å²) >= 11 is 1.22. The summed E-state index contributed by atoms with van der Waals surface area (Å²) in [5.74, 6) is 1.25. The summed E-state index contributed by atoms with van der Waals surface area (Å²) in [6.45, 7) is 6.16. The molecule has 0 radical (unpaired) electrons. The van der Waals surface area contributed by atoms with Crippen molar-refractivity contribution in [3.05, 3.63) is 90.3 Å². The summed E-state index contributed by atoms with van der Waals surface area (Å²) in [6, 6.07) is 25.5. The van der Waals surface area contributed by atoms with Crippen LogP contribution in [-0.2, 0) is 11.4 Å². The number of amides is 1. The van der Waals surface area contributed by atoms with E-state index in [1.165, 1.54) is 11.8 Å². The summed E-state index contributed by atoms with van der Waals surface area (Å²) in [6.07, 6.45) is 0. The third kappa shape index (κ3) is 6.86. The Morgan fingerprint density at radius 1 is 1.00 bits per heavy atom. The first-order valence-electron chi connectivity index (χ1n) is 11.4. The molecule has 7 nitrogen and oxygen atoms in total. The summed E-state index contributed by atoms with van der Waals surface area (Å²) in [5, 5.41) is 11.7. The molecular weight excluding hydrogens is 460 g/mol. The van der Waals surface area contributed by atoms with Crippen LogP contribution < -0.4 is 15.0 Å². The van der Waals surface area contributed by atoms with Crippen LogP contribution in [0.4, 0.5) is 17.1 Å². The lowest BCUT2D eigenvalue weighted by Gasteiger charge is -2.27. The zero-order chi connectivity index (χ0) is 24.6. The van der Waals surface area contributed by atoms with Crippen molar-refractivity contribution >= 4 is 34.7 Å². The topological polar surface area (TPSA) is 80.5 Å². The van der Waals surface area contributed by atoms with E-state index in [-0.39, 0.29) is 24.3 Å². The smallest absolute Gasteiger partial charge is 0.277 e. The van der Waals surface area contributed by atoms with Crippen molar-refractivity contribution in [2.24, 2.45) is 0 Å². The zero-order valence-corrected chi connectivity index (χ0v) is 20.8. The molecule has 8 heteroatoms. The quantitative estimate of drug-likeness (QED) is 0.265. The number of aryl methyl sites for hydroxylation is 1. The molecule has 1 heterocycles. The van der Waals surface area contributed by atoms with Crippen molar-refractivity contribution in [2.75, 3.05) is 16.0 Å². The van der Waals surface area contributed by atoms with Gasteiger partial charge in [-0.25, -0.2) is 0 Å². The first-order valence-corrected chi connectivity index (χ1v) is 12.4.